The summed E-state index contributed by atoms with van der Waals surface area (Å²) in [4.78, 5) is 12.4. The quantitative estimate of drug-likeness (QED) is 0.820. The highest BCUT2D eigenvalue weighted by atomic mass is 35.5. The number of nitrogens with zero attached hydrogens (tertiary/aromatic N) is 3. The second-order valence-corrected chi connectivity index (χ2v) is 4.51. The Balaban J connectivity index is 2.90. The maximum atomic E-state index is 5.86. The third kappa shape index (κ3) is 4.00. The van der Waals surface area contributed by atoms with E-state index >= 15 is 0 Å². The number of aromatic nitrogens is 3. The molecule has 1 rings (SSSR count). The Labute approximate surface area is 107 Å². The second kappa shape index (κ2) is 6.00. The monoisotopic (exact) mass is 257 g/mol. The fourth-order valence-electron chi connectivity index (χ4n) is 1.34. The van der Waals surface area contributed by atoms with Gasteiger partial charge in [-0.25, -0.2) is 0 Å². The van der Waals surface area contributed by atoms with E-state index in [1.54, 1.807) is 0 Å². The smallest absolute Gasteiger partial charge is 0.229 e. The van der Waals surface area contributed by atoms with Crippen molar-refractivity contribution in [3.63, 3.8) is 0 Å². The van der Waals surface area contributed by atoms with Gasteiger partial charge in [0.15, 0.2) is 0 Å². The molecule has 0 aliphatic carbocycles. The van der Waals surface area contributed by atoms with Crippen LogP contribution in [0.1, 0.15) is 40.5 Å². The molecule has 0 atom stereocenters. The number of hydrogen-bond donors (Lipinski definition) is 2. The van der Waals surface area contributed by atoms with Crippen LogP contribution in [0.3, 0.4) is 0 Å². The molecule has 0 aromatic carbocycles. The van der Waals surface area contributed by atoms with Crippen LogP contribution >= 0.6 is 11.6 Å². The molecule has 0 amide bonds. The van der Waals surface area contributed by atoms with Crippen molar-refractivity contribution < 1.29 is 0 Å². The molecule has 0 fully saturated rings. The van der Waals surface area contributed by atoms with Crippen LogP contribution in [0.25, 0.3) is 0 Å². The lowest BCUT2D eigenvalue weighted by Gasteiger charge is -2.28. The third-order valence-electron chi connectivity index (χ3n) is 2.92. The first kappa shape index (κ1) is 14.0. The van der Waals surface area contributed by atoms with E-state index in [4.69, 9.17) is 11.6 Å². The van der Waals surface area contributed by atoms with Gasteiger partial charge in [0.05, 0.1) is 0 Å². The zero-order valence-electron chi connectivity index (χ0n) is 10.8. The number of hydrogen-bond acceptors (Lipinski definition) is 5. The summed E-state index contributed by atoms with van der Waals surface area (Å²) >= 11 is 5.86. The standard InChI is InChI=1S/C11H20ClN5/c1-5-11(4,6-2)17-10-15-8(12)14-9(16-10)13-7-3/h5-7H2,1-4H3,(H2,13,14,15,16,17). The average Bonchev–Trinajstić information content (AvgIpc) is 2.28. The van der Waals surface area contributed by atoms with Gasteiger partial charge in [0, 0.05) is 12.1 Å². The van der Waals surface area contributed by atoms with Gasteiger partial charge in [0.2, 0.25) is 17.2 Å². The SMILES string of the molecule is CCNc1nc(Cl)nc(NC(C)(CC)CC)n1. The van der Waals surface area contributed by atoms with Crippen LogP contribution in [0.5, 0.6) is 0 Å². The summed E-state index contributed by atoms with van der Waals surface area (Å²) in [5, 5.41) is 6.53. The maximum Gasteiger partial charge on any atom is 0.229 e. The van der Waals surface area contributed by atoms with Gasteiger partial charge in [-0.2, -0.15) is 15.0 Å². The van der Waals surface area contributed by atoms with Crippen LogP contribution in [-0.4, -0.2) is 27.0 Å². The van der Waals surface area contributed by atoms with Crippen molar-refractivity contribution in [1.82, 2.24) is 15.0 Å². The van der Waals surface area contributed by atoms with Gasteiger partial charge in [-0.3, -0.25) is 0 Å². The van der Waals surface area contributed by atoms with Crippen molar-refractivity contribution in [1.29, 1.82) is 0 Å². The van der Waals surface area contributed by atoms with Gasteiger partial charge in [0.25, 0.3) is 0 Å². The molecular weight excluding hydrogens is 238 g/mol. The molecule has 0 spiro atoms. The molecule has 6 heteroatoms. The summed E-state index contributed by atoms with van der Waals surface area (Å²) in [6, 6.07) is 0. The predicted molar refractivity (Wildman–Crippen MR) is 71.6 cm³/mol. The van der Waals surface area contributed by atoms with Gasteiger partial charge in [-0.15, -0.1) is 0 Å². The summed E-state index contributed by atoms with van der Waals surface area (Å²) < 4.78 is 0. The van der Waals surface area contributed by atoms with E-state index in [9.17, 15) is 0 Å². The van der Waals surface area contributed by atoms with Gasteiger partial charge in [-0.1, -0.05) is 13.8 Å². The molecule has 0 bridgehead atoms. The van der Waals surface area contributed by atoms with Crippen molar-refractivity contribution in [2.75, 3.05) is 17.2 Å². The number of rotatable bonds is 6. The fraction of sp³-hybridized carbons (Fsp3) is 0.727. The van der Waals surface area contributed by atoms with Crippen LogP contribution in [0.15, 0.2) is 0 Å². The summed E-state index contributed by atoms with van der Waals surface area (Å²) in [6.07, 6.45) is 1.98. The molecule has 1 aromatic heterocycles. The number of nitrogens with one attached hydrogen (secondary N) is 2. The first-order valence-corrected chi connectivity index (χ1v) is 6.34. The van der Waals surface area contributed by atoms with E-state index < -0.39 is 0 Å². The zero-order valence-corrected chi connectivity index (χ0v) is 11.6. The second-order valence-electron chi connectivity index (χ2n) is 4.17. The van der Waals surface area contributed by atoms with E-state index in [1.807, 2.05) is 6.92 Å². The molecule has 0 radical (unpaired) electrons. The highest BCUT2D eigenvalue weighted by Crippen LogP contribution is 2.20. The zero-order chi connectivity index (χ0) is 12.9. The lowest BCUT2D eigenvalue weighted by molar-refractivity contribution is 0.474. The first-order valence-electron chi connectivity index (χ1n) is 5.96. The Morgan fingerprint density at radius 2 is 1.65 bits per heavy atom. The summed E-state index contributed by atoms with van der Waals surface area (Å²) in [5.41, 5.74) is -0.0197. The Bertz CT molecular complexity index is 365. The Hall–Kier alpha value is -1.10. The minimum atomic E-state index is -0.0197. The molecule has 0 saturated carbocycles. The Kier molecular flexibility index (Phi) is 4.93. The predicted octanol–water partition coefficient (Wildman–Crippen LogP) is 2.95. The molecule has 17 heavy (non-hydrogen) atoms. The topological polar surface area (TPSA) is 62.7 Å². The average molecular weight is 258 g/mol. The normalized spacial score (nSPS) is 11.4. The number of halogens is 1. The van der Waals surface area contributed by atoms with Crippen LogP contribution < -0.4 is 10.6 Å². The van der Waals surface area contributed by atoms with E-state index in [1.165, 1.54) is 0 Å². The molecular formula is C11H20ClN5. The molecule has 1 aromatic rings. The highest BCUT2D eigenvalue weighted by molar-refractivity contribution is 6.28. The molecule has 1 heterocycles. The molecule has 2 N–H and O–H groups in total. The molecule has 5 nitrogen and oxygen atoms in total. The van der Waals surface area contributed by atoms with E-state index in [-0.39, 0.29) is 10.8 Å². The van der Waals surface area contributed by atoms with E-state index in [2.05, 4.69) is 46.4 Å². The number of anilines is 2. The van der Waals surface area contributed by atoms with E-state index in [0.717, 1.165) is 19.4 Å². The van der Waals surface area contributed by atoms with Crippen molar-refractivity contribution in [2.24, 2.45) is 0 Å². The van der Waals surface area contributed by atoms with Crippen LogP contribution in [0.2, 0.25) is 5.28 Å². The van der Waals surface area contributed by atoms with Crippen LogP contribution in [0, 0.1) is 0 Å². The largest absolute Gasteiger partial charge is 0.354 e. The van der Waals surface area contributed by atoms with Crippen molar-refractivity contribution in [3.05, 3.63) is 5.28 Å². The van der Waals surface area contributed by atoms with Gasteiger partial charge in [-0.05, 0) is 38.3 Å². The lowest BCUT2D eigenvalue weighted by atomic mass is 9.96. The third-order valence-corrected chi connectivity index (χ3v) is 3.09. The molecule has 96 valence electrons. The summed E-state index contributed by atoms with van der Waals surface area (Å²) in [7, 11) is 0. The fourth-order valence-corrected chi connectivity index (χ4v) is 1.50. The maximum absolute atomic E-state index is 5.86. The van der Waals surface area contributed by atoms with Crippen molar-refractivity contribution in [2.45, 2.75) is 46.1 Å². The summed E-state index contributed by atoms with van der Waals surface area (Å²) in [6.45, 7) is 9.12. The minimum absolute atomic E-state index is 0.0197. The summed E-state index contributed by atoms with van der Waals surface area (Å²) in [5.74, 6) is 1.02. The highest BCUT2D eigenvalue weighted by Gasteiger charge is 2.20. The molecule has 0 aliphatic heterocycles. The van der Waals surface area contributed by atoms with Crippen molar-refractivity contribution >= 4 is 23.5 Å². The van der Waals surface area contributed by atoms with Crippen LogP contribution in [-0.2, 0) is 0 Å². The van der Waals surface area contributed by atoms with Gasteiger partial charge in [0.1, 0.15) is 0 Å². The Morgan fingerprint density at radius 1 is 1.06 bits per heavy atom. The lowest BCUT2D eigenvalue weighted by Crippen LogP contribution is -2.34. The van der Waals surface area contributed by atoms with E-state index in [0.29, 0.717) is 11.9 Å². The molecule has 0 saturated heterocycles. The van der Waals surface area contributed by atoms with Gasteiger partial charge < -0.3 is 10.6 Å². The van der Waals surface area contributed by atoms with Crippen LogP contribution in [0.4, 0.5) is 11.9 Å². The molecule has 0 aliphatic rings. The van der Waals surface area contributed by atoms with Gasteiger partial charge >= 0.3 is 0 Å². The minimum Gasteiger partial charge on any atom is -0.354 e. The Morgan fingerprint density at radius 3 is 2.18 bits per heavy atom. The van der Waals surface area contributed by atoms with Crippen molar-refractivity contribution in [3.8, 4) is 0 Å². The first-order chi connectivity index (χ1) is 8.03. The molecule has 0 unspecified atom stereocenters.